The molecule has 0 aromatic carbocycles. The van der Waals surface area contributed by atoms with Gasteiger partial charge in [0.1, 0.15) is 0 Å². The van der Waals surface area contributed by atoms with Gasteiger partial charge >= 0.3 is 0 Å². The van der Waals surface area contributed by atoms with Crippen LogP contribution in [0.1, 0.15) is 28.9 Å². The summed E-state index contributed by atoms with van der Waals surface area (Å²) < 4.78 is 14.5. The van der Waals surface area contributed by atoms with Crippen molar-refractivity contribution in [2.45, 2.75) is 21.3 Å². The van der Waals surface area contributed by atoms with Crippen molar-refractivity contribution in [2.24, 2.45) is 0 Å². The fourth-order valence-corrected chi connectivity index (χ4v) is 2.67. The number of carbonyl (C=O) groups excluding carboxylic acids is 1. The third-order valence-electron chi connectivity index (χ3n) is 2.88. The Labute approximate surface area is 160 Å². The van der Waals surface area contributed by atoms with E-state index in [1.165, 1.54) is 15.3 Å². The molecule has 0 saturated heterocycles. The quantitative estimate of drug-likeness (QED) is 0.282. The first-order valence-electron chi connectivity index (χ1n) is 6.15. The monoisotopic (exact) mass is 540 g/mol. The van der Waals surface area contributed by atoms with Crippen molar-refractivity contribution in [1.82, 2.24) is 20.2 Å². The van der Waals surface area contributed by atoms with Gasteiger partial charge in [-0.15, -0.1) is 0 Å². The van der Waals surface area contributed by atoms with E-state index >= 15 is 0 Å². The Morgan fingerprint density at radius 3 is 2.30 bits per heavy atom. The molecule has 0 aliphatic carbocycles. The first-order valence-corrected chi connectivity index (χ1v) is 8.31. The number of fused-ring (bicyclic) bond motifs is 1. The van der Waals surface area contributed by atoms with Crippen molar-refractivity contribution < 1.29 is 9.18 Å². The molecule has 0 fully saturated rings. The van der Waals surface area contributed by atoms with Gasteiger partial charge in [0.25, 0.3) is 0 Å². The SMILES string of the molecule is C.Cc1cnc(F)c(C=O)c1I.Cc1cnc2[nH]ncc2c1I. The number of halogens is 3. The second-order valence-corrected chi connectivity index (χ2v) is 6.62. The van der Waals surface area contributed by atoms with Gasteiger partial charge in [0.05, 0.1) is 17.1 Å². The minimum Gasteiger partial charge on any atom is -0.298 e. The number of hydrogen-bond acceptors (Lipinski definition) is 4. The molecule has 0 saturated carbocycles. The van der Waals surface area contributed by atoms with E-state index in [0.29, 0.717) is 9.86 Å². The lowest BCUT2D eigenvalue weighted by Crippen LogP contribution is -1.97. The summed E-state index contributed by atoms with van der Waals surface area (Å²) in [6.45, 7) is 3.82. The Morgan fingerprint density at radius 2 is 1.70 bits per heavy atom. The van der Waals surface area contributed by atoms with E-state index in [-0.39, 0.29) is 13.0 Å². The number of aldehydes is 1. The molecular formula is C15H15FI2N4O. The lowest BCUT2D eigenvalue weighted by molar-refractivity contribution is 0.111. The van der Waals surface area contributed by atoms with Crippen molar-refractivity contribution in [3.05, 3.63) is 48.4 Å². The Morgan fingerprint density at radius 1 is 1.09 bits per heavy atom. The Kier molecular flexibility index (Phi) is 7.45. The maximum absolute atomic E-state index is 12.7. The zero-order valence-corrected chi connectivity index (χ0v) is 16.0. The summed E-state index contributed by atoms with van der Waals surface area (Å²) in [7, 11) is 0. The van der Waals surface area contributed by atoms with Gasteiger partial charge in [-0.2, -0.15) is 9.49 Å². The van der Waals surface area contributed by atoms with Crippen LogP contribution in [0.3, 0.4) is 0 Å². The number of pyridine rings is 2. The van der Waals surface area contributed by atoms with Crippen molar-refractivity contribution in [1.29, 1.82) is 0 Å². The Bertz CT molecular complexity index is 836. The summed E-state index contributed by atoms with van der Waals surface area (Å²) in [4.78, 5) is 17.9. The number of H-pyrrole nitrogens is 1. The summed E-state index contributed by atoms with van der Waals surface area (Å²) in [6, 6.07) is 0. The van der Waals surface area contributed by atoms with E-state index in [9.17, 15) is 9.18 Å². The molecule has 0 unspecified atom stereocenters. The molecule has 0 spiro atoms. The molecule has 0 radical (unpaired) electrons. The molecule has 3 rings (SSSR count). The number of hydrogen-bond donors (Lipinski definition) is 1. The molecule has 1 N–H and O–H groups in total. The van der Waals surface area contributed by atoms with Crippen LogP contribution in [-0.2, 0) is 0 Å². The van der Waals surface area contributed by atoms with Crippen LogP contribution < -0.4 is 0 Å². The number of aromatic amines is 1. The Balaban J connectivity index is 0.000000220. The highest BCUT2D eigenvalue weighted by Crippen LogP contribution is 2.19. The van der Waals surface area contributed by atoms with Crippen molar-refractivity contribution in [3.63, 3.8) is 0 Å². The van der Waals surface area contributed by atoms with Crippen LogP contribution in [0.4, 0.5) is 4.39 Å². The Hall–Kier alpha value is -1.17. The molecular weight excluding hydrogens is 525 g/mol. The second kappa shape index (κ2) is 8.62. The van der Waals surface area contributed by atoms with E-state index in [2.05, 4.69) is 42.8 Å². The van der Waals surface area contributed by atoms with Gasteiger partial charge in [-0.05, 0) is 70.2 Å². The number of rotatable bonds is 1. The van der Waals surface area contributed by atoms with Crippen LogP contribution >= 0.6 is 45.2 Å². The van der Waals surface area contributed by atoms with Gasteiger partial charge in [-0.3, -0.25) is 9.89 Å². The summed E-state index contributed by atoms with van der Waals surface area (Å²) >= 11 is 4.22. The molecule has 0 aliphatic rings. The van der Waals surface area contributed by atoms with Gasteiger partial charge in [0, 0.05) is 19.5 Å². The number of carbonyl (C=O) groups is 1. The van der Waals surface area contributed by atoms with Crippen molar-refractivity contribution >= 4 is 62.5 Å². The van der Waals surface area contributed by atoms with Crippen LogP contribution in [0, 0.1) is 26.9 Å². The standard InChI is InChI=1S/C7H5FINO.C7H6IN3.CH4/c1-4-2-10-7(8)5(3-11)6(4)9;1-4-2-9-7-5(6(4)8)3-10-11-7;/h2-3H,1H3;2-3H,1H3,(H,9,10,11);1H4. The number of aryl methyl sites for hydroxylation is 2. The average Bonchev–Trinajstić information content (AvgIpc) is 2.98. The molecule has 0 atom stereocenters. The zero-order chi connectivity index (χ0) is 16.3. The summed E-state index contributed by atoms with van der Waals surface area (Å²) in [6.07, 6.45) is 5.54. The molecule has 0 amide bonds. The van der Waals surface area contributed by atoms with Gasteiger partial charge in [0.2, 0.25) is 5.95 Å². The highest BCUT2D eigenvalue weighted by Gasteiger charge is 2.08. The highest BCUT2D eigenvalue weighted by molar-refractivity contribution is 14.1. The maximum atomic E-state index is 12.7. The van der Waals surface area contributed by atoms with Crippen LogP contribution in [0.2, 0.25) is 0 Å². The third-order valence-corrected chi connectivity index (χ3v) is 5.75. The van der Waals surface area contributed by atoms with E-state index in [4.69, 9.17) is 0 Å². The van der Waals surface area contributed by atoms with Crippen LogP contribution in [-0.4, -0.2) is 26.5 Å². The molecule has 0 aliphatic heterocycles. The molecule has 3 aromatic heterocycles. The van der Waals surface area contributed by atoms with Crippen LogP contribution in [0.15, 0.2) is 18.6 Å². The third kappa shape index (κ3) is 4.43. The molecule has 3 aromatic rings. The first kappa shape index (κ1) is 19.9. The lowest BCUT2D eigenvalue weighted by Gasteiger charge is -1.99. The second-order valence-electron chi connectivity index (χ2n) is 4.47. The fraction of sp³-hybridized carbons (Fsp3) is 0.200. The van der Waals surface area contributed by atoms with Crippen LogP contribution in [0.5, 0.6) is 0 Å². The van der Waals surface area contributed by atoms with Crippen molar-refractivity contribution in [2.75, 3.05) is 0 Å². The van der Waals surface area contributed by atoms with E-state index in [1.54, 1.807) is 13.1 Å². The zero-order valence-electron chi connectivity index (χ0n) is 11.7. The molecule has 8 heteroatoms. The number of nitrogens with one attached hydrogen (secondary N) is 1. The smallest absolute Gasteiger partial charge is 0.224 e. The van der Waals surface area contributed by atoms with Crippen molar-refractivity contribution in [3.8, 4) is 0 Å². The number of nitrogens with zero attached hydrogens (tertiary/aromatic N) is 3. The first-order chi connectivity index (χ1) is 10.5. The van der Waals surface area contributed by atoms with Gasteiger partial charge in [0.15, 0.2) is 11.9 Å². The van der Waals surface area contributed by atoms with Crippen LogP contribution in [0.25, 0.3) is 11.0 Å². The van der Waals surface area contributed by atoms with E-state index in [0.717, 1.165) is 16.6 Å². The summed E-state index contributed by atoms with van der Waals surface area (Å²) in [5.74, 6) is -0.699. The minimum absolute atomic E-state index is 0. The molecule has 23 heavy (non-hydrogen) atoms. The summed E-state index contributed by atoms with van der Waals surface area (Å²) in [5, 5.41) is 7.84. The molecule has 122 valence electrons. The van der Waals surface area contributed by atoms with E-state index < -0.39 is 5.95 Å². The molecule has 3 heterocycles. The van der Waals surface area contributed by atoms with E-state index in [1.807, 2.05) is 35.7 Å². The predicted molar refractivity (Wildman–Crippen MR) is 105 cm³/mol. The minimum atomic E-state index is -0.699. The fourth-order valence-electron chi connectivity index (χ4n) is 1.65. The van der Waals surface area contributed by atoms with Gasteiger partial charge < -0.3 is 0 Å². The predicted octanol–water partition coefficient (Wildman–Crippen LogP) is 4.45. The van der Waals surface area contributed by atoms with Gasteiger partial charge in [-0.25, -0.2) is 9.97 Å². The highest BCUT2D eigenvalue weighted by atomic mass is 127. The van der Waals surface area contributed by atoms with Gasteiger partial charge in [-0.1, -0.05) is 7.43 Å². The normalized spacial score (nSPS) is 9.78. The number of aromatic nitrogens is 4. The maximum Gasteiger partial charge on any atom is 0.224 e. The average molecular weight is 540 g/mol. The molecule has 0 bridgehead atoms. The summed E-state index contributed by atoms with van der Waals surface area (Å²) in [5.41, 5.74) is 2.92. The topological polar surface area (TPSA) is 71.5 Å². The largest absolute Gasteiger partial charge is 0.298 e. The molecule has 5 nitrogen and oxygen atoms in total. The lowest BCUT2D eigenvalue weighted by atomic mass is 10.2.